The van der Waals surface area contributed by atoms with Gasteiger partial charge in [-0.1, -0.05) is 41.9 Å². The van der Waals surface area contributed by atoms with Gasteiger partial charge in [-0.2, -0.15) is 0 Å². The van der Waals surface area contributed by atoms with Crippen molar-refractivity contribution in [1.82, 2.24) is 14.8 Å². The minimum atomic E-state index is -0.453. The standard InChI is InChI=1S/C21H22Cl2N4O3S2/c1-5-13-11(3)32-19(17(13)20(29)30-4)24-16(28)10-31-21-26-25-18(27(21)6-2)12-7-8-14(22)15(23)9-12/h7-9H,5-6,10H2,1-4H3,(H,24,28). The molecule has 0 saturated heterocycles. The summed E-state index contributed by atoms with van der Waals surface area (Å²) in [5, 5.41) is 13.4. The van der Waals surface area contributed by atoms with Gasteiger partial charge in [0.15, 0.2) is 11.0 Å². The van der Waals surface area contributed by atoms with Gasteiger partial charge in [0.05, 0.1) is 28.5 Å². The monoisotopic (exact) mass is 512 g/mol. The van der Waals surface area contributed by atoms with Crippen LogP contribution in [0, 0.1) is 6.92 Å². The molecule has 7 nitrogen and oxygen atoms in total. The number of ether oxygens (including phenoxy) is 1. The molecule has 0 spiro atoms. The van der Waals surface area contributed by atoms with Gasteiger partial charge >= 0.3 is 5.97 Å². The van der Waals surface area contributed by atoms with Gasteiger partial charge in [-0.25, -0.2) is 4.79 Å². The SMILES string of the molecule is CCc1c(C)sc(NC(=O)CSc2nnc(-c3ccc(Cl)c(Cl)c3)n2CC)c1C(=O)OC. The maximum Gasteiger partial charge on any atom is 0.341 e. The van der Waals surface area contributed by atoms with Crippen molar-refractivity contribution in [2.45, 2.75) is 38.9 Å². The molecule has 0 saturated carbocycles. The first-order valence-electron chi connectivity index (χ1n) is 9.82. The van der Waals surface area contributed by atoms with E-state index in [-0.39, 0.29) is 11.7 Å². The van der Waals surface area contributed by atoms with Crippen molar-refractivity contribution < 1.29 is 14.3 Å². The van der Waals surface area contributed by atoms with Crippen molar-refractivity contribution in [3.63, 3.8) is 0 Å². The van der Waals surface area contributed by atoms with Crippen molar-refractivity contribution in [3.8, 4) is 11.4 Å². The average Bonchev–Trinajstić information content (AvgIpc) is 3.33. The summed E-state index contributed by atoms with van der Waals surface area (Å²) in [6, 6.07) is 5.27. The van der Waals surface area contributed by atoms with E-state index in [2.05, 4.69) is 15.5 Å². The molecule has 0 fully saturated rings. The van der Waals surface area contributed by atoms with E-state index in [1.165, 1.54) is 30.2 Å². The summed E-state index contributed by atoms with van der Waals surface area (Å²) in [7, 11) is 1.33. The number of hydrogen-bond acceptors (Lipinski definition) is 7. The predicted octanol–water partition coefficient (Wildman–Crippen LogP) is 5.72. The number of hydrogen-bond donors (Lipinski definition) is 1. The Morgan fingerprint density at radius 3 is 2.59 bits per heavy atom. The number of rotatable bonds is 8. The molecule has 0 aliphatic carbocycles. The van der Waals surface area contributed by atoms with Crippen molar-refractivity contribution in [3.05, 3.63) is 44.2 Å². The Bertz CT molecular complexity index is 1160. The van der Waals surface area contributed by atoms with Crippen LogP contribution in [0.15, 0.2) is 23.4 Å². The fraction of sp³-hybridized carbons (Fsp3) is 0.333. The molecule has 11 heteroatoms. The van der Waals surface area contributed by atoms with Crippen LogP contribution in [0.3, 0.4) is 0 Å². The predicted molar refractivity (Wildman–Crippen MR) is 130 cm³/mol. The molecule has 3 aromatic rings. The number of nitrogens with one attached hydrogen (secondary N) is 1. The summed E-state index contributed by atoms with van der Waals surface area (Å²) < 4.78 is 6.81. The Labute approximate surface area is 204 Å². The number of benzene rings is 1. The smallest absolute Gasteiger partial charge is 0.341 e. The third-order valence-corrected chi connectivity index (χ3v) is 7.52. The first kappa shape index (κ1) is 24.6. The Balaban J connectivity index is 1.75. The van der Waals surface area contributed by atoms with Gasteiger partial charge in [0.1, 0.15) is 5.00 Å². The lowest BCUT2D eigenvalue weighted by Crippen LogP contribution is -2.16. The largest absolute Gasteiger partial charge is 0.465 e. The lowest BCUT2D eigenvalue weighted by molar-refractivity contribution is -0.113. The van der Waals surface area contributed by atoms with Gasteiger partial charge in [-0.15, -0.1) is 21.5 Å². The third-order valence-electron chi connectivity index (χ3n) is 4.75. The molecule has 0 bridgehead atoms. The highest BCUT2D eigenvalue weighted by Gasteiger charge is 2.23. The van der Waals surface area contributed by atoms with Crippen LogP contribution >= 0.6 is 46.3 Å². The number of esters is 1. The van der Waals surface area contributed by atoms with Crippen molar-refractivity contribution in [2.75, 3.05) is 18.2 Å². The highest BCUT2D eigenvalue weighted by Crippen LogP contribution is 2.34. The van der Waals surface area contributed by atoms with Crippen molar-refractivity contribution in [2.24, 2.45) is 0 Å². The van der Waals surface area contributed by atoms with Crippen molar-refractivity contribution >= 4 is 63.2 Å². The molecule has 1 aromatic carbocycles. The maximum atomic E-state index is 12.6. The number of thiophene rings is 1. The van der Waals surface area contributed by atoms with Crippen molar-refractivity contribution in [1.29, 1.82) is 0 Å². The lowest BCUT2D eigenvalue weighted by atomic mass is 10.1. The summed E-state index contributed by atoms with van der Waals surface area (Å²) >= 11 is 14.8. The molecule has 0 atom stereocenters. The van der Waals surface area contributed by atoms with E-state index in [0.29, 0.717) is 44.6 Å². The minimum Gasteiger partial charge on any atom is -0.465 e. The molecule has 1 amide bonds. The maximum absolute atomic E-state index is 12.6. The van der Waals surface area contributed by atoms with E-state index in [0.717, 1.165) is 16.0 Å². The number of aryl methyl sites for hydroxylation is 1. The molecular formula is C21H22Cl2N4O3S2. The van der Waals surface area contributed by atoms with E-state index < -0.39 is 5.97 Å². The summed E-state index contributed by atoms with van der Waals surface area (Å²) in [6.45, 7) is 6.47. The molecule has 1 N–H and O–H groups in total. The average molecular weight is 513 g/mol. The Hall–Kier alpha value is -2.07. The fourth-order valence-electron chi connectivity index (χ4n) is 3.23. The highest BCUT2D eigenvalue weighted by molar-refractivity contribution is 7.99. The van der Waals surface area contributed by atoms with Crippen LogP contribution in [0.2, 0.25) is 10.0 Å². The van der Waals surface area contributed by atoms with Crippen LogP contribution in [0.4, 0.5) is 5.00 Å². The van der Waals surface area contributed by atoms with E-state index in [1.54, 1.807) is 12.1 Å². The van der Waals surface area contributed by atoms with E-state index in [1.807, 2.05) is 31.4 Å². The summed E-state index contributed by atoms with van der Waals surface area (Å²) in [5.41, 5.74) is 2.10. The lowest BCUT2D eigenvalue weighted by Gasteiger charge is -2.09. The molecular weight excluding hydrogens is 491 g/mol. The number of aromatic nitrogens is 3. The molecule has 0 unspecified atom stereocenters. The molecule has 2 heterocycles. The zero-order chi connectivity index (χ0) is 23.4. The van der Waals surface area contributed by atoms with Gasteiger partial charge in [0.2, 0.25) is 5.91 Å². The Morgan fingerprint density at radius 2 is 1.97 bits per heavy atom. The number of methoxy groups -OCH3 is 1. The fourth-order valence-corrected chi connectivity index (χ4v) is 5.48. The third kappa shape index (κ3) is 5.11. The van der Waals surface area contributed by atoms with E-state index in [9.17, 15) is 9.59 Å². The molecule has 0 radical (unpaired) electrons. The highest BCUT2D eigenvalue weighted by atomic mass is 35.5. The number of amides is 1. The quantitative estimate of drug-likeness (QED) is 0.306. The second-order valence-electron chi connectivity index (χ2n) is 6.70. The zero-order valence-corrected chi connectivity index (χ0v) is 21.1. The van der Waals surface area contributed by atoms with Gasteiger partial charge in [-0.05, 0) is 44.0 Å². The summed E-state index contributed by atoms with van der Waals surface area (Å²) in [4.78, 5) is 25.9. The van der Waals surface area contributed by atoms with Gasteiger partial charge < -0.3 is 14.6 Å². The van der Waals surface area contributed by atoms with Gasteiger partial charge in [-0.3, -0.25) is 4.79 Å². The number of thioether (sulfide) groups is 1. The number of carbonyl (C=O) groups is 2. The minimum absolute atomic E-state index is 0.110. The van der Waals surface area contributed by atoms with Gasteiger partial charge in [0, 0.05) is 17.0 Å². The van der Waals surface area contributed by atoms with Crippen LogP contribution in [-0.4, -0.2) is 39.5 Å². The Morgan fingerprint density at radius 1 is 1.22 bits per heavy atom. The number of anilines is 1. The molecule has 170 valence electrons. The second-order valence-corrected chi connectivity index (χ2v) is 9.68. The van der Waals surface area contributed by atoms with Crippen LogP contribution in [0.1, 0.15) is 34.6 Å². The first-order chi connectivity index (χ1) is 15.3. The number of halogens is 2. The normalized spacial score (nSPS) is 10.9. The Kier molecular flexibility index (Phi) is 8.21. The van der Waals surface area contributed by atoms with E-state index >= 15 is 0 Å². The first-order valence-corrected chi connectivity index (χ1v) is 12.4. The molecule has 2 aromatic heterocycles. The molecule has 0 aliphatic rings. The van der Waals surface area contributed by atoms with Crippen LogP contribution < -0.4 is 5.32 Å². The number of nitrogens with zero attached hydrogens (tertiary/aromatic N) is 3. The molecule has 0 aliphatic heterocycles. The second kappa shape index (κ2) is 10.7. The van der Waals surface area contributed by atoms with Crippen LogP contribution in [0.5, 0.6) is 0 Å². The van der Waals surface area contributed by atoms with Crippen LogP contribution in [-0.2, 0) is 22.5 Å². The number of carbonyl (C=O) groups excluding carboxylic acids is 2. The topological polar surface area (TPSA) is 86.1 Å². The van der Waals surface area contributed by atoms with Gasteiger partial charge in [0.25, 0.3) is 0 Å². The molecule has 3 rings (SSSR count). The molecule has 32 heavy (non-hydrogen) atoms. The summed E-state index contributed by atoms with van der Waals surface area (Å²) in [5.74, 6) is 0.0544. The van der Waals surface area contributed by atoms with Crippen LogP contribution in [0.25, 0.3) is 11.4 Å². The van der Waals surface area contributed by atoms with E-state index in [4.69, 9.17) is 27.9 Å². The zero-order valence-electron chi connectivity index (χ0n) is 18.0. The summed E-state index contributed by atoms with van der Waals surface area (Å²) in [6.07, 6.45) is 0.675.